The van der Waals surface area contributed by atoms with Crippen LogP contribution in [0, 0.1) is 0 Å². The number of halogens is 1. The molecule has 2 nitrogen and oxygen atoms in total. The molecule has 0 amide bonds. The molecule has 1 rings (SSSR count). The van der Waals surface area contributed by atoms with Crippen molar-refractivity contribution in [3.63, 3.8) is 0 Å². The van der Waals surface area contributed by atoms with Gasteiger partial charge in [0.15, 0.2) is 0 Å². The number of alkyl halides is 1. The highest BCUT2D eigenvalue weighted by Gasteiger charge is 2.21. The molecular formula is C6H10FO2S-. The molecule has 0 saturated heterocycles. The van der Waals surface area contributed by atoms with Crippen molar-refractivity contribution in [2.75, 3.05) is 0 Å². The Hall–Kier alpha value is 0.0400. The van der Waals surface area contributed by atoms with E-state index in [1.165, 1.54) is 0 Å². The average Bonchev–Trinajstić information content (AvgIpc) is 1.88. The Labute approximate surface area is 62.1 Å². The predicted molar refractivity (Wildman–Crippen MR) is 36.1 cm³/mol. The van der Waals surface area contributed by atoms with Crippen LogP contribution in [0.1, 0.15) is 25.7 Å². The van der Waals surface area contributed by atoms with Gasteiger partial charge in [0, 0.05) is 5.25 Å². The largest absolute Gasteiger partial charge is 0.772 e. The van der Waals surface area contributed by atoms with Crippen LogP contribution in [0.4, 0.5) is 4.39 Å². The number of hydrogen-bond donors (Lipinski definition) is 0. The normalized spacial score (nSPS) is 37.4. The van der Waals surface area contributed by atoms with E-state index >= 15 is 0 Å². The van der Waals surface area contributed by atoms with E-state index < -0.39 is 22.5 Å². The van der Waals surface area contributed by atoms with Crippen LogP contribution >= 0.6 is 0 Å². The van der Waals surface area contributed by atoms with Crippen molar-refractivity contribution < 1.29 is 13.2 Å². The minimum absolute atomic E-state index is 0.204. The molecule has 0 aromatic carbocycles. The second kappa shape index (κ2) is 3.44. The second-order valence-electron chi connectivity index (χ2n) is 2.65. The minimum Gasteiger partial charge on any atom is -0.772 e. The van der Waals surface area contributed by atoms with Gasteiger partial charge in [-0.05, 0) is 25.7 Å². The van der Waals surface area contributed by atoms with Crippen LogP contribution in [0.2, 0.25) is 0 Å². The Morgan fingerprint density at radius 1 is 1.50 bits per heavy atom. The van der Waals surface area contributed by atoms with Crippen molar-refractivity contribution in [3.8, 4) is 0 Å². The highest BCUT2D eigenvalue weighted by Crippen LogP contribution is 2.23. The maximum Gasteiger partial charge on any atom is 0.101 e. The monoisotopic (exact) mass is 165 g/mol. The van der Waals surface area contributed by atoms with Crippen LogP contribution in [-0.2, 0) is 11.1 Å². The van der Waals surface area contributed by atoms with Crippen molar-refractivity contribution in [1.29, 1.82) is 0 Å². The van der Waals surface area contributed by atoms with E-state index in [0.717, 1.165) is 0 Å². The van der Waals surface area contributed by atoms with Gasteiger partial charge in [0.05, 0.1) is 0 Å². The maximum atomic E-state index is 12.5. The first kappa shape index (κ1) is 8.14. The van der Waals surface area contributed by atoms with E-state index in [1.54, 1.807) is 0 Å². The predicted octanol–water partition coefficient (Wildman–Crippen LogP) is 1.15. The lowest BCUT2D eigenvalue weighted by atomic mass is 9.99. The molecule has 0 bridgehead atoms. The van der Waals surface area contributed by atoms with Crippen LogP contribution in [-0.4, -0.2) is 20.2 Å². The van der Waals surface area contributed by atoms with Gasteiger partial charge in [-0.15, -0.1) is 0 Å². The molecule has 0 N–H and O–H groups in total. The van der Waals surface area contributed by atoms with Gasteiger partial charge >= 0.3 is 0 Å². The summed E-state index contributed by atoms with van der Waals surface area (Å²) in [6.07, 6.45) is 1.19. The van der Waals surface area contributed by atoms with E-state index in [2.05, 4.69) is 0 Å². The van der Waals surface area contributed by atoms with Gasteiger partial charge in [-0.2, -0.15) is 0 Å². The molecular weight excluding hydrogens is 155 g/mol. The van der Waals surface area contributed by atoms with Gasteiger partial charge in [0.2, 0.25) is 0 Å². The van der Waals surface area contributed by atoms with Gasteiger partial charge in [0.1, 0.15) is 6.17 Å². The molecule has 0 aliphatic heterocycles. The van der Waals surface area contributed by atoms with Crippen LogP contribution in [0.25, 0.3) is 0 Å². The maximum absolute atomic E-state index is 12.5. The molecule has 1 fully saturated rings. The first-order valence-electron chi connectivity index (χ1n) is 3.42. The molecule has 0 spiro atoms. The zero-order valence-electron chi connectivity index (χ0n) is 5.59. The van der Waals surface area contributed by atoms with E-state index in [4.69, 9.17) is 0 Å². The van der Waals surface area contributed by atoms with E-state index in [9.17, 15) is 13.2 Å². The molecule has 3 unspecified atom stereocenters. The molecule has 10 heavy (non-hydrogen) atoms. The zero-order chi connectivity index (χ0) is 7.56. The zero-order valence-corrected chi connectivity index (χ0v) is 6.40. The Kier molecular flexibility index (Phi) is 2.80. The van der Waals surface area contributed by atoms with Crippen molar-refractivity contribution in [3.05, 3.63) is 0 Å². The lowest BCUT2D eigenvalue weighted by Gasteiger charge is -2.25. The first-order valence-corrected chi connectivity index (χ1v) is 4.56. The van der Waals surface area contributed by atoms with Crippen LogP contribution in [0.3, 0.4) is 0 Å². The number of rotatable bonds is 1. The van der Waals surface area contributed by atoms with Gasteiger partial charge in [0.25, 0.3) is 0 Å². The van der Waals surface area contributed by atoms with Gasteiger partial charge in [-0.1, -0.05) is 11.1 Å². The van der Waals surface area contributed by atoms with E-state index in [1.807, 2.05) is 0 Å². The summed E-state index contributed by atoms with van der Waals surface area (Å²) in [4.78, 5) is 0. The van der Waals surface area contributed by atoms with E-state index in [0.29, 0.717) is 19.3 Å². The molecule has 0 aromatic rings. The third kappa shape index (κ3) is 2.02. The fourth-order valence-corrected chi connectivity index (χ4v) is 1.99. The fourth-order valence-electron chi connectivity index (χ4n) is 1.26. The Bertz CT molecular complexity index is 140. The van der Waals surface area contributed by atoms with Crippen molar-refractivity contribution in [1.82, 2.24) is 0 Å². The third-order valence-corrected chi connectivity index (χ3v) is 2.81. The Morgan fingerprint density at radius 3 is 2.60 bits per heavy atom. The van der Waals surface area contributed by atoms with Crippen LogP contribution in [0.5, 0.6) is 0 Å². The lowest BCUT2D eigenvalue weighted by Crippen LogP contribution is -2.24. The molecule has 0 heterocycles. The SMILES string of the molecule is O=S([O-])C1CCCC(F)C1. The first-order chi connectivity index (χ1) is 4.70. The van der Waals surface area contributed by atoms with Crippen molar-refractivity contribution in [2.24, 2.45) is 0 Å². The van der Waals surface area contributed by atoms with Gasteiger partial charge in [-0.25, -0.2) is 4.39 Å². The summed E-state index contributed by atoms with van der Waals surface area (Å²) in [6, 6.07) is 0. The van der Waals surface area contributed by atoms with E-state index in [-0.39, 0.29) is 6.42 Å². The topological polar surface area (TPSA) is 40.1 Å². The second-order valence-corrected chi connectivity index (χ2v) is 3.83. The summed E-state index contributed by atoms with van der Waals surface area (Å²) in [6.45, 7) is 0. The minimum atomic E-state index is -2.06. The van der Waals surface area contributed by atoms with Crippen LogP contribution in [0.15, 0.2) is 0 Å². The molecule has 1 saturated carbocycles. The molecule has 4 heteroatoms. The summed E-state index contributed by atoms with van der Waals surface area (Å²) >= 11 is -2.06. The number of hydrogen-bond acceptors (Lipinski definition) is 2. The summed E-state index contributed by atoms with van der Waals surface area (Å²) < 4.78 is 33.2. The highest BCUT2D eigenvalue weighted by atomic mass is 32.2. The molecule has 1 aliphatic rings. The summed E-state index contributed by atoms with van der Waals surface area (Å²) in [7, 11) is 0. The summed E-state index contributed by atoms with van der Waals surface area (Å²) in [5.74, 6) is 0. The Balaban J connectivity index is 2.39. The molecule has 3 atom stereocenters. The average molecular weight is 165 g/mol. The van der Waals surface area contributed by atoms with Gasteiger partial charge < -0.3 is 4.55 Å². The third-order valence-electron chi connectivity index (χ3n) is 1.83. The van der Waals surface area contributed by atoms with Crippen molar-refractivity contribution >= 4 is 11.1 Å². The summed E-state index contributed by atoms with van der Waals surface area (Å²) in [5.41, 5.74) is 0. The summed E-state index contributed by atoms with van der Waals surface area (Å²) in [5, 5.41) is -0.427. The standard InChI is InChI=1S/C6H11FO2S/c7-5-2-1-3-6(4-5)10(8)9/h5-6H,1-4H2,(H,8,9)/p-1. The molecule has 0 radical (unpaired) electrons. The fraction of sp³-hybridized carbons (Fsp3) is 1.00. The Morgan fingerprint density at radius 2 is 2.20 bits per heavy atom. The van der Waals surface area contributed by atoms with Crippen LogP contribution < -0.4 is 0 Å². The lowest BCUT2D eigenvalue weighted by molar-refractivity contribution is 0.251. The quantitative estimate of drug-likeness (QED) is 0.547. The van der Waals surface area contributed by atoms with Crippen molar-refractivity contribution in [2.45, 2.75) is 37.1 Å². The highest BCUT2D eigenvalue weighted by molar-refractivity contribution is 7.79. The molecule has 60 valence electrons. The molecule has 1 aliphatic carbocycles. The smallest absolute Gasteiger partial charge is 0.101 e. The van der Waals surface area contributed by atoms with Gasteiger partial charge in [-0.3, -0.25) is 4.21 Å². The molecule has 0 aromatic heterocycles.